The van der Waals surface area contributed by atoms with Gasteiger partial charge in [-0.3, -0.25) is 0 Å². The zero-order valence-electron chi connectivity index (χ0n) is 12.3. The molecule has 0 aromatic heterocycles. The monoisotopic (exact) mass is 341 g/mol. The van der Waals surface area contributed by atoms with Gasteiger partial charge in [0.1, 0.15) is 0 Å². The summed E-state index contributed by atoms with van der Waals surface area (Å²) in [7, 11) is 1.41. The summed E-state index contributed by atoms with van der Waals surface area (Å²) in [6.45, 7) is 2.18. The predicted molar refractivity (Wildman–Crippen MR) is 85.9 cm³/mol. The van der Waals surface area contributed by atoms with Crippen molar-refractivity contribution in [3.05, 3.63) is 34.3 Å². The molecule has 0 aliphatic rings. The van der Waals surface area contributed by atoms with Crippen LogP contribution in [0, 0.1) is 0 Å². The van der Waals surface area contributed by atoms with E-state index >= 15 is 0 Å². The maximum atomic E-state index is 11.4. The highest BCUT2D eigenvalue weighted by molar-refractivity contribution is 9.10. The SMILES string of the molecule is CCCCC[C@@H](CCc1ccccc1Br)NC(=O)OC. The van der Waals surface area contributed by atoms with Crippen LogP contribution in [0.4, 0.5) is 4.79 Å². The molecule has 0 aliphatic carbocycles. The van der Waals surface area contributed by atoms with E-state index in [4.69, 9.17) is 4.74 Å². The molecule has 20 heavy (non-hydrogen) atoms. The Hall–Kier alpha value is -1.03. The molecule has 1 N–H and O–H groups in total. The summed E-state index contributed by atoms with van der Waals surface area (Å²) in [4.78, 5) is 11.4. The Morgan fingerprint density at radius 2 is 2.05 bits per heavy atom. The lowest BCUT2D eigenvalue weighted by molar-refractivity contribution is 0.165. The number of carbonyl (C=O) groups excluding carboxylic acids is 1. The van der Waals surface area contributed by atoms with Crippen molar-refractivity contribution in [3.63, 3.8) is 0 Å². The molecular weight excluding hydrogens is 318 g/mol. The van der Waals surface area contributed by atoms with Gasteiger partial charge in [-0.2, -0.15) is 0 Å². The number of nitrogens with one attached hydrogen (secondary N) is 1. The molecule has 4 heteroatoms. The van der Waals surface area contributed by atoms with Gasteiger partial charge in [-0.1, -0.05) is 60.3 Å². The van der Waals surface area contributed by atoms with Crippen molar-refractivity contribution >= 4 is 22.0 Å². The van der Waals surface area contributed by atoms with Gasteiger partial charge in [0.15, 0.2) is 0 Å². The number of hydrogen-bond acceptors (Lipinski definition) is 2. The third kappa shape index (κ3) is 6.42. The van der Waals surface area contributed by atoms with Crippen LogP contribution in [-0.4, -0.2) is 19.2 Å². The van der Waals surface area contributed by atoms with E-state index in [0.717, 1.165) is 30.2 Å². The molecule has 0 radical (unpaired) electrons. The van der Waals surface area contributed by atoms with Crippen LogP contribution < -0.4 is 5.32 Å². The third-order valence-electron chi connectivity index (χ3n) is 3.38. The van der Waals surface area contributed by atoms with E-state index in [0.29, 0.717) is 0 Å². The van der Waals surface area contributed by atoms with Crippen LogP contribution in [0.2, 0.25) is 0 Å². The fraction of sp³-hybridized carbons (Fsp3) is 0.562. The minimum absolute atomic E-state index is 0.182. The van der Waals surface area contributed by atoms with E-state index in [1.807, 2.05) is 12.1 Å². The number of methoxy groups -OCH3 is 1. The lowest BCUT2D eigenvalue weighted by atomic mass is 10.0. The second kappa shape index (κ2) is 9.81. The van der Waals surface area contributed by atoms with Gasteiger partial charge < -0.3 is 10.1 Å². The molecule has 1 atom stereocenters. The molecular formula is C16H24BrNO2. The van der Waals surface area contributed by atoms with Gasteiger partial charge >= 0.3 is 6.09 Å². The van der Waals surface area contributed by atoms with Gasteiger partial charge in [0.25, 0.3) is 0 Å². The molecule has 0 aliphatic heterocycles. The first kappa shape index (κ1) is 17.0. The van der Waals surface area contributed by atoms with E-state index in [9.17, 15) is 4.79 Å². The van der Waals surface area contributed by atoms with Crippen LogP contribution in [0.5, 0.6) is 0 Å². The Morgan fingerprint density at radius 3 is 2.70 bits per heavy atom. The lowest BCUT2D eigenvalue weighted by Crippen LogP contribution is -2.35. The quantitative estimate of drug-likeness (QED) is 0.696. The zero-order chi connectivity index (χ0) is 14.8. The van der Waals surface area contributed by atoms with Crippen molar-refractivity contribution in [1.29, 1.82) is 0 Å². The van der Waals surface area contributed by atoms with Crippen molar-refractivity contribution in [3.8, 4) is 0 Å². The second-order valence-electron chi connectivity index (χ2n) is 4.96. The highest BCUT2D eigenvalue weighted by atomic mass is 79.9. The zero-order valence-corrected chi connectivity index (χ0v) is 13.9. The first-order chi connectivity index (χ1) is 9.67. The van der Waals surface area contributed by atoms with Crippen molar-refractivity contribution in [2.45, 2.75) is 51.5 Å². The van der Waals surface area contributed by atoms with Gasteiger partial charge in [-0.05, 0) is 30.9 Å². The lowest BCUT2D eigenvalue weighted by Gasteiger charge is -2.18. The van der Waals surface area contributed by atoms with Gasteiger partial charge in [0.2, 0.25) is 0 Å². The van der Waals surface area contributed by atoms with Gasteiger partial charge in [-0.15, -0.1) is 0 Å². The van der Waals surface area contributed by atoms with Crippen molar-refractivity contribution in [1.82, 2.24) is 5.32 Å². The molecule has 0 fully saturated rings. The number of amides is 1. The summed E-state index contributed by atoms with van der Waals surface area (Å²) >= 11 is 3.56. The number of carbonyl (C=O) groups is 1. The van der Waals surface area contributed by atoms with E-state index in [1.54, 1.807) is 0 Å². The molecule has 3 nitrogen and oxygen atoms in total. The molecule has 1 aromatic carbocycles. The minimum Gasteiger partial charge on any atom is -0.453 e. The molecule has 0 spiro atoms. The summed E-state index contributed by atoms with van der Waals surface area (Å²) < 4.78 is 5.83. The van der Waals surface area contributed by atoms with E-state index in [1.165, 1.54) is 25.5 Å². The fourth-order valence-electron chi connectivity index (χ4n) is 2.19. The van der Waals surface area contributed by atoms with Gasteiger partial charge in [-0.25, -0.2) is 4.79 Å². The molecule has 0 unspecified atom stereocenters. The van der Waals surface area contributed by atoms with Crippen LogP contribution in [0.25, 0.3) is 0 Å². The summed E-state index contributed by atoms with van der Waals surface area (Å²) in [6.07, 6.45) is 6.08. The maximum Gasteiger partial charge on any atom is 0.407 e. The van der Waals surface area contributed by atoms with Crippen molar-refractivity contribution in [2.75, 3.05) is 7.11 Å². The number of hydrogen-bond donors (Lipinski definition) is 1. The Kier molecular flexibility index (Phi) is 8.35. The van der Waals surface area contributed by atoms with Gasteiger partial charge in [0.05, 0.1) is 7.11 Å². The van der Waals surface area contributed by atoms with E-state index < -0.39 is 0 Å². The fourth-order valence-corrected chi connectivity index (χ4v) is 2.67. The summed E-state index contributed by atoms with van der Waals surface area (Å²) in [5.74, 6) is 0. The molecule has 1 aromatic rings. The largest absolute Gasteiger partial charge is 0.453 e. The molecule has 0 saturated carbocycles. The van der Waals surface area contributed by atoms with Crippen molar-refractivity contribution in [2.24, 2.45) is 0 Å². The number of benzene rings is 1. The second-order valence-corrected chi connectivity index (χ2v) is 5.81. The Morgan fingerprint density at radius 1 is 1.30 bits per heavy atom. The molecule has 0 heterocycles. The number of halogens is 1. The predicted octanol–water partition coefficient (Wildman–Crippen LogP) is 4.69. The number of alkyl carbamates (subject to hydrolysis) is 1. The van der Waals surface area contributed by atoms with Crippen LogP contribution >= 0.6 is 15.9 Å². The molecule has 1 amide bonds. The molecule has 0 saturated heterocycles. The summed E-state index contributed by atoms with van der Waals surface area (Å²) in [5.41, 5.74) is 1.28. The van der Waals surface area contributed by atoms with Crippen LogP contribution in [0.15, 0.2) is 28.7 Å². The van der Waals surface area contributed by atoms with Crippen LogP contribution in [-0.2, 0) is 11.2 Å². The number of rotatable bonds is 8. The smallest absolute Gasteiger partial charge is 0.407 e. The number of ether oxygens (including phenoxy) is 1. The summed E-state index contributed by atoms with van der Waals surface area (Å²) in [5, 5.41) is 2.94. The summed E-state index contributed by atoms with van der Waals surface area (Å²) in [6, 6.07) is 8.40. The van der Waals surface area contributed by atoms with Gasteiger partial charge in [0, 0.05) is 10.5 Å². The normalized spacial score (nSPS) is 11.9. The Balaban J connectivity index is 2.50. The molecule has 112 valence electrons. The topological polar surface area (TPSA) is 38.3 Å². The average Bonchev–Trinajstić information content (AvgIpc) is 2.46. The van der Waals surface area contributed by atoms with E-state index in [-0.39, 0.29) is 12.1 Å². The van der Waals surface area contributed by atoms with Crippen molar-refractivity contribution < 1.29 is 9.53 Å². The molecule has 0 bridgehead atoms. The standard InChI is InChI=1S/C16H24BrNO2/c1-3-4-5-9-14(18-16(19)20-2)12-11-13-8-6-7-10-15(13)17/h6-8,10,14H,3-5,9,11-12H2,1-2H3,(H,18,19)/t14-/m0/s1. The van der Waals surface area contributed by atoms with Crippen LogP contribution in [0.3, 0.4) is 0 Å². The first-order valence-electron chi connectivity index (χ1n) is 7.25. The van der Waals surface area contributed by atoms with E-state index in [2.05, 4.69) is 40.3 Å². The Labute approximate surface area is 130 Å². The average molecular weight is 342 g/mol. The van der Waals surface area contributed by atoms with Crippen LogP contribution in [0.1, 0.15) is 44.6 Å². The Bertz CT molecular complexity index is 409. The minimum atomic E-state index is -0.335. The molecule has 1 rings (SSSR count). The highest BCUT2D eigenvalue weighted by Crippen LogP contribution is 2.19. The first-order valence-corrected chi connectivity index (χ1v) is 8.04. The number of unbranched alkanes of at least 4 members (excludes halogenated alkanes) is 2. The maximum absolute atomic E-state index is 11.4. The highest BCUT2D eigenvalue weighted by Gasteiger charge is 2.13. The number of aryl methyl sites for hydroxylation is 1. The third-order valence-corrected chi connectivity index (χ3v) is 4.16.